The van der Waals surface area contributed by atoms with Gasteiger partial charge in [0.2, 0.25) is 5.91 Å². The third-order valence-corrected chi connectivity index (χ3v) is 3.80. The molecule has 21 heavy (non-hydrogen) atoms. The lowest BCUT2D eigenvalue weighted by Gasteiger charge is -2.19. The van der Waals surface area contributed by atoms with E-state index in [1.165, 1.54) is 18.2 Å². The monoisotopic (exact) mass is 289 g/mol. The number of nitrogens with two attached hydrogens (primary N) is 1. The Hall–Kier alpha value is -2.21. The minimum atomic E-state index is -0.447. The zero-order valence-electron chi connectivity index (χ0n) is 11.9. The zero-order chi connectivity index (χ0) is 15.4. The van der Waals surface area contributed by atoms with Gasteiger partial charge >= 0.3 is 0 Å². The van der Waals surface area contributed by atoms with Gasteiger partial charge in [0.1, 0.15) is 0 Å². The highest BCUT2D eigenvalue weighted by Crippen LogP contribution is 2.22. The highest BCUT2D eigenvalue weighted by Gasteiger charge is 2.30. The molecule has 112 valence electrons. The summed E-state index contributed by atoms with van der Waals surface area (Å²) in [7, 11) is 0. The molecule has 1 heterocycles. The van der Waals surface area contributed by atoms with Crippen LogP contribution in [-0.4, -0.2) is 34.9 Å². The lowest BCUT2D eigenvalue weighted by atomic mass is 10.1. The number of benzene rings is 1. The van der Waals surface area contributed by atoms with Crippen LogP contribution in [-0.2, 0) is 4.79 Å². The molecule has 0 spiro atoms. The molecular formula is C15H19N3O3. The van der Waals surface area contributed by atoms with Gasteiger partial charge in [0, 0.05) is 30.8 Å². The van der Waals surface area contributed by atoms with E-state index >= 15 is 0 Å². The van der Waals surface area contributed by atoms with Gasteiger partial charge in [-0.1, -0.05) is 0 Å². The number of nitro benzene ring substituents is 1. The second kappa shape index (κ2) is 6.49. The van der Waals surface area contributed by atoms with Crippen molar-refractivity contribution in [3.05, 3.63) is 46.0 Å². The van der Waals surface area contributed by atoms with E-state index in [0.717, 1.165) is 12.0 Å². The number of hydrogen-bond donors (Lipinski definition) is 1. The Morgan fingerprint density at radius 2 is 2.14 bits per heavy atom. The van der Waals surface area contributed by atoms with E-state index < -0.39 is 4.92 Å². The van der Waals surface area contributed by atoms with Crippen molar-refractivity contribution >= 4 is 17.7 Å². The molecule has 2 rings (SSSR count). The van der Waals surface area contributed by atoms with Gasteiger partial charge in [0.25, 0.3) is 5.69 Å². The maximum Gasteiger partial charge on any atom is 0.269 e. The van der Waals surface area contributed by atoms with Crippen LogP contribution in [0.2, 0.25) is 0 Å². The molecule has 1 aliphatic heterocycles. The van der Waals surface area contributed by atoms with Gasteiger partial charge in [-0.25, -0.2) is 0 Å². The largest absolute Gasteiger partial charge is 0.336 e. The second-order valence-electron chi connectivity index (χ2n) is 5.36. The fourth-order valence-corrected chi connectivity index (χ4v) is 2.59. The minimum absolute atomic E-state index is 0.0393. The Kier molecular flexibility index (Phi) is 4.70. The number of amides is 1. The molecule has 1 aromatic carbocycles. The number of nitrogens with zero attached hydrogens (tertiary/aromatic N) is 2. The number of carbonyl (C=O) groups is 1. The minimum Gasteiger partial charge on any atom is -0.336 e. The van der Waals surface area contributed by atoms with Crippen LogP contribution in [0.15, 0.2) is 30.3 Å². The molecule has 2 N–H and O–H groups in total. The molecule has 2 atom stereocenters. The Balaban J connectivity index is 2.00. The Morgan fingerprint density at radius 1 is 1.48 bits per heavy atom. The normalized spacial score (nSPS) is 21.9. The smallest absolute Gasteiger partial charge is 0.269 e. The summed E-state index contributed by atoms with van der Waals surface area (Å²) in [6.07, 6.45) is 4.12. The van der Waals surface area contributed by atoms with E-state index in [4.69, 9.17) is 5.73 Å². The van der Waals surface area contributed by atoms with E-state index in [1.807, 2.05) is 11.8 Å². The number of hydrogen-bond acceptors (Lipinski definition) is 4. The molecule has 6 heteroatoms. The predicted octanol–water partition coefficient (Wildman–Crippen LogP) is 1.80. The van der Waals surface area contributed by atoms with Crippen LogP contribution < -0.4 is 5.73 Å². The lowest BCUT2D eigenvalue weighted by Crippen LogP contribution is -2.33. The van der Waals surface area contributed by atoms with Crippen molar-refractivity contribution < 1.29 is 9.72 Å². The molecular weight excluding hydrogens is 270 g/mol. The van der Waals surface area contributed by atoms with Crippen molar-refractivity contribution in [1.29, 1.82) is 0 Å². The molecule has 0 radical (unpaired) electrons. The molecule has 0 bridgehead atoms. The summed E-state index contributed by atoms with van der Waals surface area (Å²) >= 11 is 0. The van der Waals surface area contributed by atoms with E-state index in [2.05, 4.69) is 0 Å². The Bertz CT molecular complexity index is 554. The molecule has 1 fully saturated rings. The summed E-state index contributed by atoms with van der Waals surface area (Å²) in [6.45, 7) is 3.31. The summed E-state index contributed by atoms with van der Waals surface area (Å²) in [4.78, 5) is 24.1. The third kappa shape index (κ3) is 3.66. The molecule has 1 saturated heterocycles. The van der Waals surface area contributed by atoms with E-state index in [9.17, 15) is 14.9 Å². The van der Waals surface area contributed by atoms with Crippen molar-refractivity contribution in [1.82, 2.24) is 4.90 Å². The van der Waals surface area contributed by atoms with Crippen molar-refractivity contribution in [2.24, 2.45) is 11.7 Å². The van der Waals surface area contributed by atoms with Gasteiger partial charge in [0.05, 0.1) is 4.92 Å². The fourth-order valence-electron chi connectivity index (χ4n) is 2.59. The fraction of sp³-hybridized carbons (Fsp3) is 0.400. The van der Waals surface area contributed by atoms with Crippen molar-refractivity contribution in [3.8, 4) is 0 Å². The number of nitro groups is 1. The second-order valence-corrected chi connectivity index (χ2v) is 5.36. The molecule has 0 aromatic heterocycles. The number of rotatable bonds is 4. The zero-order valence-corrected chi connectivity index (χ0v) is 11.9. The molecule has 1 amide bonds. The maximum absolute atomic E-state index is 12.2. The average Bonchev–Trinajstić information content (AvgIpc) is 2.86. The third-order valence-electron chi connectivity index (χ3n) is 3.80. The van der Waals surface area contributed by atoms with E-state index in [0.29, 0.717) is 19.0 Å². The van der Waals surface area contributed by atoms with Crippen LogP contribution in [0, 0.1) is 16.0 Å². The van der Waals surface area contributed by atoms with Crippen molar-refractivity contribution in [2.75, 3.05) is 13.1 Å². The highest BCUT2D eigenvalue weighted by atomic mass is 16.6. The van der Waals surface area contributed by atoms with Crippen LogP contribution in [0.4, 0.5) is 5.69 Å². The van der Waals surface area contributed by atoms with Crippen LogP contribution in [0.25, 0.3) is 6.08 Å². The van der Waals surface area contributed by atoms with Crippen LogP contribution in [0.1, 0.15) is 18.9 Å². The SMILES string of the molecule is CC1CC(CN)CN1C(=O)/C=C/c1ccc([N+](=O)[O-])cc1. The van der Waals surface area contributed by atoms with Crippen LogP contribution in [0.5, 0.6) is 0 Å². The first-order valence-electron chi connectivity index (χ1n) is 6.94. The summed E-state index contributed by atoms with van der Waals surface area (Å²) in [6, 6.07) is 6.29. The van der Waals surface area contributed by atoms with Gasteiger partial charge in [0.15, 0.2) is 0 Å². The average molecular weight is 289 g/mol. The highest BCUT2D eigenvalue weighted by molar-refractivity contribution is 5.92. The molecule has 0 aliphatic carbocycles. The summed E-state index contributed by atoms with van der Waals surface area (Å²) in [5.74, 6) is 0.327. The van der Waals surface area contributed by atoms with Gasteiger partial charge in [-0.15, -0.1) is 0 Å². The quantitative estimate of drug-likeness (QED) is 0.520. The van der Waals surface area contributed by atoms with Gasteiger partial charge in [-0.2, -0.15) is 0 Å². The lowest BCUT2D eigenvalue weighted by molar-refractivity contribution is -0.384. The van der Waals surface area contributed by atoms with Gasteiger partial charge < -0.3 is 10.6 Å². The Labute approximate surface area is 123 Å². The standard InChI is InChI=1S/C15H19N3O3/c1-11-8-13(9-16)10-17(11)15(19)7-4-12-2-5-14(6-3-12)18(20)21/h2-7,11,13H,8-10,16H2,1H3/b7-4+. The number of non-ortho nitro benzene ring substituents is 1. The van der Waals surface area contributed by atoms with Gasteiger partial charge in [-0.05, 0) is 49.6 Å². The topological polar surface area (TPSA) is 89.5 Å². The number of likely N-dealkylation sites (tertiary alicyclic amines) is 1. The predicted molar refractivity (Wildman–Crippen MR) is 80.5 cm³/mol. The van der Waals surface area contributed by atoms with E-state index in [-0.39, 0.29) is 17.6 Å². The summed E-state index contributed by atoms with van der Waals surface area (Å²) in [5.41, 5.74) is 6.45. The molecule has 1 aliphatic rings. The molecule has 1 aromatic rings. The van der Waals surface area contributed by atoms with Crippen molar-refractivity contribution in [3.63, 3.8) is 0 Å². The molecule has 6 nitrogen and oxygen atoms in total. The van der Waals surface area contributed by atoms with Crippen LogP contribution >= 0.6 is 0 Å². The first-order chi connectivity index (χ1) is 10.0. The summed E-state index contributed by atoms with van der Waals surface area (Å²) < 4.78 is 0. The molecule has 0 saturated carbocycles. The molecule has 2 unspecified atom stereocenters. The number of carbonyl (C=O) groups excluding carboxylic acids is 1. The van der Waals surface area contributed by atoms with E-state index in [1.54, 1.807) is 18.2 Å². The first kappa shape index (κ1) is 15.2. The van der Waals surface area contributed by atoms with Crippen LogP contribution in [0.3, 0.4) is 0 Å². The first-order valence-corrected chi connectivity index (χ1v) is 6.94. The Morgan fingerprint density at radius 3 is 2.67 bits per heavy atom. The van der Waals surface area contributed by atoms with Crippen molar-refractivity contribution in [2.45, 2.75) is 19.4 Å². The maximum atomic E-state index is 12.2. The van der Waals surface area contributed by atoms with Gasteiger partial charge in [-0.3, -0.25) is 14.9 Å². The summed E-state index contributed by atoms with van der Waals surface area (Å²) in [5, 5.41) is 10.6.